The lowest BCUT2D eigenvalue weighted by molar-refractivity contribution is -0.126. The van der Waals surface area contributed by atoms with E-state index < -0.39 is 0 Å². The first-order valence-corrected chi connectivity index (χ1v) is 8.08. The van der Waals surface area contributed by atoms with Crippen LogP contribution in [0.25, 0.3) is 0 Å². The molecular weight excluding hydrogens is 280 g/mol. The monoisotopic (exact) mass is 304 g/mol. The van der Waals surface area contributed by atoms with Crippen LogP contribution in [0, 0.1) is 5.92 Å². The van der Waals surface area contributed by atoms with Crippen molar-refractivity contribution < 1.29 is 14.3 Å². The van der Waals surface area contributed by atoms with E-state index in [1.165, 1.54) is 12.8 Å². The largest absolute Gasteiger partial charge is 0.497 e. The number of carbonyl (C=O) groups excluding carboxylic acids is 1. The maximum absolute atomic E-state index is 12.0. The van der Waals surface area contributed by atoms with Gasteiger partial charge < -0.3 is 20.1 Å². The Labute approximate surface area is 131 Å². The molecule has 2 N–H and O–H groups in total. The quantitative estimate of drug-likeness (QED) is 0.842. The van der Waals surface area contributed by atoms with Crippen LogP contribution in [0.2, 0.25) is 0 Å². The van der Waals surface area contributed by atoms with Crippen molar-refractivity contribution in [2.24, 2.45) is 5.92 Å². The summed E-state index contributed by atoms with van der Waals surface area (Å²) in [6, 6.07) is 5.81. The van der Waals surface area contributed by atoms with Gasteiger partial charge in [-0.25, -0.2) is 0 Å². The number of carbonyl (C=O) groups is 1. The number of methoxy groups -OCH3 is 1. The zero-order valence-corrected chi connectivity index (χ0v) is 13.1. The predicted octanol–water partition coefficient (Wildman–Crippen LogP) is 1.85. The van der Waals surface area contributed by atoms with E-state index in [1.54, 1.807) is 7.11 Å². The molecule has 0 spiro atoms. The molecule has 0 unspecified atom stereocenters. The van der Waals surface area contributed by atoms with Crippen LogP contribution in [0.3, 0.4) is 0 Å². The first-order chi connectivity index (χ1) is 10.8. The second kappa shape index (κ2) is 7.01. The molecule has 0 atom stereocenters. The van der Waals surface area contributed by atoms with Gasteiger partial charge in [-0.1, -0.05) is 0 Å². The number of nitrogens with one attached hydrogen (secondary N) is 2. The molecule has 5 nitrogen and oxygen atoms in total. The lowest BCUT2D eigenvalue weighted by atomic mass is 10.0. The molecule has 0 aromatic heterocycles. The molecule has 1 heterocycles. The number of rotatable bonds is 6. The van der Waals surface area contributed by atoms with Crippen LogP contribution < -0.4 is 20.1 Å². The molecule has 3 rings (SSSR count). The van der Waals surface area contributed by atoms with Crippen molar-refractivity contribution in [3.63, 3.8) is 0 Å². The van der Waals surface area contributed by atoms with Crippen molar-refractivity contribution in [3.05, 3.63) is 23.8 Å². The zero-order valence-electron chi connectivity index (χ0n) is 13.1. The lowest BCUT2D eigenvalue weighted by Crippen LogP contribution is -2.50. The van der Waals surface area contributed by atoms with Crippen LogP contribution in [0.5, 0.6) is 11.5 Å². The number of ether oxygens (including phenoxy) is 2. The van der Waals surface area contributed by atoms with Crippen molar-refractivity contribution in [1.29, 1.82) is 0 Å². The summed E-state index contributed by atoms with van der Waals surface area (Å²) in [4.78, 5) is 12.0. The molecule has 1 aromatic carbocycles. The van der Waals surface area contributed by atoms with Gasteiger partial charge in [-0.05, 0) is 37.8 Å². The predicted molar refractivity (Wildman–Crippen MR) is 84.1 cm³/mol. The Balaban J connectivity index is 1.66. The van der Waals surface area contributed by atoms with Crippen LogP contribution >= 0.6 is 0 Å². The summed E-state index contributed by atoms with van der Waals surface area (Å²) in [5, 5.41) is 6.12. The highest BCUT2D eigenvalue weighted by Crippen LogP contribution is 2.30. The van der Waals surface area contributed by atoms with Crippen LogP contribution in [0.15, 0.2) is 18.2 Å². The minimum absolute atomic E-state index is 0.109. The van der Waals surface area contributed by atoms with E-state index in [0.29, 0.717) is 6.54 Å². The molecule has 1 saturated heterocycles. The van der Waals surface area contributed by atoms with E-state index in [2.05, 4.69) is 10.6 Å². The summed E-state index contributed by atoms with van der Waals surface area (Å²) in [5.74, 6) is 1.84. The minimum Gasteiger partial charge on any atom is -0.497 e. The van der Waals surface area contributed by atoms with E-state index in [-0.39, 0.29) is 17.9 Å². The summed E-state index contributed by atoms with van der Waals surface area (Å²) in [7, 11) is 1.65. The summed E-state index contributed by atoms with van der Waals surface area (Å²) in [5.41, 5.74) is 1.01. The standard InChI is InChI=1S/C17H24N2O3/c1-21-15-7-6-12(11-19-17(20)13-9-18-10-13)16(8-15)22-14-4-2-3-5-14/h6-8,13-14,18H,2-5,9-11H2,1H3,(H,19,20). The molecule has 1 aliphatic carbocycles. The Hall–Kier alpha value is -1.75. The number of benzene rings is 1. The van der Waals surface area contributed by atoms with Crippen molar-refractivity contribution in [2.45, 2.75) is 38.3 Å². The molecular formula is C17H24N2O3. The topological polar surface area (TPSA) is 59.6 Å². The fraction of sp³-hybridized carbons (Fsp3) is 0.588. The third-order valence-electron chi connectivity index (χ3n) is 4.48. The van der Waals surface area contributed by atoms with Crippen LogP contribution in [0.1, 0.15) is 31.2 Å². The molecule has 0 bridgehead atoms. The normalized spacial score (nSPS) is 18.8. The number of hydrogen-bond acceptors (Lipinski definition) is 4. The Morgan fingerprint density at radius 2 is 2.09 bits per heavy atom. The summed E-state index contributed by atoms with van der Waals surface area (Å²) >= 11 is 0. The van der Waals surface area contributed by atoms with E-state index in [4.69, 9.17) is 9.47 Å². The fourth-order valence-electron chi connectivity index (χ4n) is 2.90. The van der Waals surface area contributed by atoms with Gasteiger partial charge in [-0.2, -0.15) is 0 Å². The molecule has 1 aromatic rings. The summed E-state index contributed by atoms with van der Waals surface area (Å²) < 4.78 is 11.4. The van der Waals surface area contributed by atoms with Crippen molar-refractivity contribution in [3.8, 4) is 11.5 Å². The van der Waals surface area contributed by atoms with Gasteiger partial charge in [0.05, 0.1) is 19.1 Å². The highest BCUT2D eigenvalue weighted by Gasteiger charge is 2.25. The van der Waals surface area contributed by atoms with Gasteiger partial charge >= 0.3 is 0 Å². The Kier molecular flexibility index (Phi) is 4.83. The average molecular weight is 304 g/mol. The van der Waals surface area contributed by atoms with Gasteiger partial charge in [0.15, 0.2) is 0 Å². The maximum Gasteiger partial charge on any atom is 0.225 e. The zero-order chi connectivity index (χ0) is 15.4. The lowest BCUT2D eigenvalue weighted by Gasteiger charge is -2.26. The van der Waals surface area contributed by atoms with Crippen molar-refractivity contribution in [2.75, 3.05) is 20.2 Å². The van der Waals surface area contributed by atoms with Crippen molar-refractivity contribution in [1.82, 2.24) is 10.6 Å². The number of amides is 1. The molecule has 2 fully saturated rings. The Morgan fingerprint density at radius 3 is 2.73 bits per heavy atom. The minimum atomic E-state index is 0.109. The van der Waals surface area contributed by atoms with Gasteiger partial charge in [0.25, 0.3) is 0 Å². The second-order valence-corrected chi connectivity index (χ2v) is 6.07. The highest BCUT2D eigenvalue weighted by atomic mass is 16.5. The van der Waals surface area contributed by atoms with Crippen molar-refractivity contribution >= 4 is 5.91 Å². The SMILES string of the molecule is COc1ccc(CNC(=O)C2CNC2)c(OC2CCCC2)c1. The van der Waals surface area contributed by atoms with Crippen LogP contribution in [-0.4, -0.2) is 32.2 Å². The number of hydrogen-bond donors (Lipinski definition) is 2. The molecule has 1 amide bonds. The Bertz CT molecular complexity index is 523. The van der Waals surface area contributed by atoms with Crippen LogP contribution in [-0.2, 0) is 11.3 Å². The fourth-order valence-corrected chi connectivity index (χ4v) is 2.90. The molecule has 1 saturated carbocycles. The van der Waals surface area contributed by atoms with E-state index in [0.717, 1.165) is 43.0 Å². The molecule has 120 valence electrons. The summed E-state index contributed by atoms with van der Waals surface area (Å²) in [6.45, 7) is 2.06. The first-order valence-electron chi connectivity index (χ1n) is 8.08. The average Bonchev–Trinajstić information content (AvgIpc) is 2.97. The molecule has 0 radical (unpaired) electrons. The van der Waals surface area contributed by atoms with Gasteiger partial charge in [0.2, 0.25) is 5.91 Å². The molecule has 22 heavy (non-hydrogen) atoms. The van der Waals surface area contributed by atoms with E-state index in [9.17, 15) is 4.79 Å². The van der Waals surface area contributed by atoms with Gasteiger partial charge in [0.1, 0.15) is 11.5 Å². The molecule has 2 aliphatic rings. The summed E-state index contributed by atoms with van der Waals surface area (Å²) in [6.07, 6.45) is 4.97. The third kappa shape index (κ3) is 3.53. The smallest absolute Gasteiger partial charge is 0.225 e. The van der Waals surface area contributed by atoms with Gasteiger partial charge in [-0.3, -0.25) is 4.79 Å². The van der Waals surface area contributed by atoms with Gasteiger partial charge in [0, 0.05) is 31.3 Å². The van der Waals surface area contributed by atoms with E-state index in [1.807, 2.05) is 18.2 Å². The van der Waals surface area contributed by atoms with Crippen LogP contribution in [0.4, 0.5) is 0 Å². The molecule has 1 aliphatic heterocycles. The van der Waals surface area contributed by atoms with Gasteiger partial charge in [-0.15, -0.1) is 0 Å². The Morgan fingerprint density at radius 1 is 1.32 bits per heavy atom. The third-order valence-corrected chi connectivity index (χ3v) is 4.48. The first kappa shape index (κ1) is 15.2. The highest BCUT2D eigenvalue weighted by molar-refractivity contribution is 5.80. The second-order valence-electron chi connectivity index (χ2n) is 6.07. The molecule has 5 heteroatoms. The van der Waals surface area contributed by atoms with E-state index >= 15 is 0 Å². The maximum atomic E-state index is 12.0.